The average Bonchev–Trinajstić information content (AvgIpc) is 3.27. The second-order valence-corrected chi connectivity index (χ2v) is 7.73. The highest BCUT2D eigenvalue weighted by molar-refractivity contribution is 7.15. The summed E-state index contributed by atoms with van der Waals surface area (Å²) in [7, 11) is 1.32. The highest BCUT2D eigenvalue weighted by atomic mass is 35.5. The highest BCUT2D eigenvalue weighted by Gasteiger charge is 2.35. The molecule has 1 aromatic heterocycles. The molecular weight excluding hydrogens is 374 g/mol. The van der Waals surface area contributed by atoms with E-state index in [0.29, 0.717) is 24.5 Å². The van der Waals surface area contributed by atoms with Gasteiger partial charge in [-0.05, 0) is 37.0 Å². The van der Waals surface area contributed by atoms with E-state index in [1.165, 1.54) is 23.3 Å². The van der Waals surface area contributed by atoms with Gasteiger partial charge in [-0.1, -0.05) is 23.7 Å². The molecule has 8 heteroatoms. The maximum Gasteiger partial charge on any atom is 0.410 e. The smallest absolute Gasteiger partial charge is 0.410 e. The zero-order chi connectivity index (χ0) is 18.7. The first-order valence-corrected chi connectivity index (χ1v) is 9.52. The van der Waals surface area contributed by atoms with Crippen LogP contribution in [0.1, 0.15) is 28.8 Å². The van der Waals surface area contributed by atoms with Gasteiger partial charge in [-0.3, -0.25) is 9.69 Å². The largest absolute Gasteiger partial charge is 0.453 e. The molecule has 1 fully saturated rings. The molecule has 1 N–H and O–H groups in total. The predicted molar refractivity (Wildman–Crippen MR) is 102 cm³/mol. The number of aromatic nitrogens is 1. The van der Waals surface area contributed by atoms with E-state index in [1.807, 2.05) is 25.1 Å². The van der Waals surface area contributed by atoms with Crippen LogP contribution in [0.5, 0.6) is 0 Å². The Balaban J connectivity index is 1.63. The monoisotopic (exact) mass is 393 g/mol. The van der Waals surface area contributed by atoms with Gasteiger partial charge in [0.2, 0.25) is 5.91 Å². The quantitative estimate of drug-likeness (QED) is 0.855. The number of thiazole rings is 1. The van der Waals surface area contributed by atoms with Crippen LogP contribution in [-0.4, -0.2) is 41.6 Å². The van der Waals surface area contributed by atoms with Gasteiger partial charge in [-0.25, -0.2) is 9.78 Å². The second-order valence-electron chi connectivity index (χ2n) is 6.20. The molecule has 1 unspecified atom stereocenters. The number of nitrogens with zero attached hydrogens (tertiary/aromatic N) is 2. The molecule has 1 aliphatic heterocycles. The number of methoxy groups -OCH3 is 1. The van der Waals surface area contributed by atoms with Crippen molar-refractivity contribution in [2.75, 3.05) is 19.0 Å². The molecule has 0 bridgehead atoms. The number of rotatable bonds is 4. The number of carbonyl (C=O) groups excluding carboxylic acids is 2. The Hall–Kier alpha value is -2.12. The van der Waals surface area contributed by atoms with E-state index in [0.717, 1.165) is 27.4 Å². The molecule has 2 amide bonds. The summed E-state index contributed by atoms with van der Waals surface area (Å²) in [5.41, 5.74) is 2.13. The Morgan fingerprint density at radius 1 is 1.46 bits per heavy atom. The lowest BCUT2D eigenvalue weighted by Crippen LogP contribution is -2.43. The number of likely N-dealkylation sites (tertiary alicyclic amines) is 1. The summed E-state index contributed by atoms with van der Waals surface area (Å²) in [6.45, 7) is 2.50. The molecule has 0 radical (unpaired) electrons. The number of ether oxygens (including phenoxy) is 1. The Labute approximate surface area is 161 Å². The summed E-state index contributed by atoms with van der Waals surface area (Å²) in [5.74, 6) is -0.229. The Morgan fingerprint density at radius 3 is 3.00 bits per heavy atom. The molecule has 26 heavy (non-hydrogen) atoms. The molecule has 0 aliphatic carbocycles. The summed E-state index contributed by atoms with van der Waals surface area (Å²) in [6.07, 6.45) is 3.39. The van der Waals surface area contributed by atoms with Crippen LogP contribution >= 0.6 is 22.9 Å². The summed E-state index contributed by atoms with van der Waals surface area (Å²) < 4.78 is 4.74. The van der Waals surface area contributed by atoms with Gasteiger partial charge in [0.05, 0.1) is 7.11 Å². The van der Waals surface area contributed by atoms with Crippen LogP contribution in [0.15, 0.2) is 24.4 Å². The lowest BCUT2D eigenvalue weighted by Gasteiger charge is -2.21. The van der Waals surface area contributed by atoms with Crippen LogP contribution in [-0.2, 0) is 16.0 Å². The van der Waals surface area contributed by atoms with Crippen molar-refractivity contribution in [1.82, 2.24) is 9.88 Å². The number of aryl methyl sites for hydroxylation is 1. The molecule has 3 rings (SSSR count). The number of amides is 2. The van der Waals surface area contributed by atoms with Crippen LogP contribution < -0.4 is 5.32 Å². The third-order valence-electron chi connectivity index (χ3n) is 4.36. The van der Waals surface area contributed by atoms with Crippen molar-refractivity contribution in [1.29, 1.82) is 0 Å². The molecule has 0 saturated carbocycles. The first-order valence-electron chi connectivity index (χ1n) is 8.33. The zero-order valence-electron chi connectivity index (χ0n) is 14.6. The number of anilines is 1. The van der Waals surface area contributed by atoms with Crippen molar-refractivity contribution in [3.05, 3.63) is 45.4 Å². The minimum Gasteiger partial charge on any atom is -0.453 e. The van der Waals surface area contributed by atoms with Gasteiger partial charge in [0.25, 0.3) is 0 Å². The van der Waals surface area contributed by atoms with E-state index in [2.05, 4.69) is 10.3 Å². The van der Waals surface area contributed by atoms with E-state index in [4.69, 9.17) is 16.3 Å². The fourth-order valence-electron chi connectivity index (χ4n) is 2.96. The zero-order valence-corrected chi connectivity index (χ0v) is 16.2. The van der Waals surface area contributed by atoms with Crippen LogP contribution in [0.25, 0.3) is 0 Å². The average molecular weight is 394 g/mol. The van der Waals surface area contributed by atoms with Gasteiger partial charge in [-0.2, -0.15) is 0 Å². The molecule has 1 aliphatic rings. The van der Waals surface area contributed by atoms with Gasteiger partial charge in [-0.15, -0.1) is 11.3 Å². The topological polar surface area (TPSA) is 71.5 Å². The molecule has 138 valence electrons. The maximum atomic E-state index is 12.5. The van der Waals surface area contributed by atoms with Crippen molar-refractivity contribution in [3.63, 3.8) is 0 Å². The fraction of sp³-hybridized carbons (Fsp3) is 0.389. The number of benzene rings is 1. The minimum atomic E-state index is -0.509. The summed E-state index contributed by atoms with van der Waals surface area (Å²) in [5, 5.41) is 4.08. The normalized spacial score (nSPS) is 16.6. The number of nitrogens with one attached hydrogen (secondary N) is 1. The Bertz CT molecular complexity index is 824. The number of hydrogen-bond acceptors (Lipinski definition) is 5. The molecule has 2 heterocycles. The predicted octanol–water partition coefficient (Wildman–Crippen LogP) is 3.87. The third-order valence-corrected chi connectivity index (χ3v) is 5.68. The molecule has 1 saturated heterocycles. The first-order chi connectivity index (χ1) is 12.5. The van der Waals surface area contributed by atoms with E-state index in [-0.39, 0.29) is 5.91 Å². The van der Waals surface area contributed by atoms with E-state index in [9.17, 15) is 9.59 Å². The third kappa shape index (κ3) is 4.16. The van der Waals surface area contributed by atoms with E-state index in [1.54, 1.807) is 6.20 Å². The maximum absolute atomic E-state index is 12.5. The lowest BCUT2D eigenvalue weighted by atomic mass is 10.1. The molecule has 1 aromatic carbocycles. The van der Waals surface area contributed by atoms with Crippen molar-refractivity contribution in [3.8, 4) is 0 Å². The second kappa shape index (κ2) is 8.05. The number of carbonyl (C=O) groups is 2. The van der Waals surface area contributed by atoms with Crippen molar-refractivity contribution < 1.29 is 14.3 Å². The van der Waals surface area contributed by atoms with Crippen LogP contribution in [0.2, 0.25) is 5.02 Å². The summed E-state index contributed by atoms with van der Waals surface area (Å²) >= 11 is 7.59. The molecule has 1 atom stereocenters. The van der Waals surface area contributed by atoms with Crippen molar-refractivity contribution >= 4 is 40.1 Å². The van der Waals surface area contributed by atoms with Gasteiger partial charge in [0.1, 0.15) is 6.04 Å². The lowest BCUT2D eigenvalue weighted by molar-refractivity contribution is -0.119. The van der Waals surface area contributed by atoms with Crippen LogP contribution in [0.3, 0.4) is 0 Å². The summed E-state index contributed by atoms with van der Waals surface area (Å²) in [4.78, 5) is 31.0. The fourth-order valence-corrected chi connectivity index (χ4v) is 4.01. The molecular formula is C18H20ClN3O3S. The van der Waals surface area contributed by atoms with E-state index >= 15 is 0 Å². The van der Waals surface area contributed by atoms with Gasteiger partial charge in [0, 0.05) is 29.1 Å². The van der Waals surface area contributed by atoms with Crippen LogP contribution in [0.4, 0.5) is 9.93 Å². The van der Waals surface area contributed by atoms with E-state index < -0.39 is 12.1 Å². The van der Waals surface area contributed by atoms with Crippen LogP contribution in [0, 0.1) is 6.92 Å². The van der Waals surface area contributed by atoms with Crippen molar-refractivity contribution in [2.24, 2.45) is 0 Å². The minimum absolute atomic E-state index is 0.229. The number of halogens is 1. The van der Waals surface area contributed by atoms with Gasteiger partial charge >= 0.3 is 6.09 Å². The summed E-state index contributed by atoms with van der Waals surface area (Å²) in [6, 6.07) is 5.46. The number of hydrogen-bond donors (Lipinski definition) is 1. The first kappa shape index (κ1) is 18.7. The van der Waals surface area contributed by atoms with Gasteiger partial charge in [0.15, 0.2) is 5.13 Å². The molecule has 0 spiro atoms. The molecule has 6 nitrogen and oxygen atoms in total. The SMILES string of the molecule is COC(=O)N1CCCC1C(=O)Nc1ncc(Cc2ccc(C)c(Cl)c2)s1. The standard InChI is InChI=1S/C18H20ClN3O3S/c1-11-5-6-12(9-14(11)19)8-13-10-20-17(26-13)21-16(23)15-4-3-7-22(15)18(24)25-2/h5-6,9-10,15H,3-4,7-8H2,1-2H3,(H,20,21,23). The van der Waals surface area contributed by atoms with Crippen molar-refractivity contribution in [2.45, 2.75) is 32.2 Å². The Kier molecular flexibility index (Phi) is 5.78. The molecule has 2 aromatic rings. The highest BCUT2D eigenvalue weighted by Crippen LogP contribution is 2.25. The Morgan fingerprint density at radius 2 is 2.27 bits per heavy atom. The van der Waals surface area contributed by atoms with Gasteiger partial charge < -0.3 is 10.1 Å².